The number of esters is 1. The summed E-state index contributed by atoms with van der Waals surface area (Å²) < 4.78 is 50.5. The lowest BCUT2D eigenvalue weighted by atomic mass is 9.83. The van der Waals surface area contributed by atoms with Crippen LogP contribution in [0.15, 0.2) is 47.4 Å². The van der Waals surface area contributed by atoms with E-state index in [1.807, 2.05) is 0 Å². The number of methoxy groups -OCH3 is 1. The Bertz CT molecular complexity index is 1090. The average molecular weight is 434 g/mol. The van der Waals surface area contributed by atoms with Gasteiger partial charge in [-0.2, -0.15) is 9.57 Å². The quantitative estimate of drug-likeness (QED) is 0.657. The molecule has 0 radical (unpaired) electrons. The van der Waals surface area contributed by atoms with Crippen molar-refractivity contribution in [1.82, 2.24) is 4.31 Å². The molecule has 0 unspecified atom stereocenters. The summed E-state index contributed by atoms with van der Waals surface area (Å²) in [5, 5.41) is 18.5. The van der Waals surface area contributed by atoms with Gasteiger partial charge in [-0.25, -0.2) is 17.6 Å². The van der Waals surface area contributed by atoms with Crippen LogP contribution in [-0.4, -0.2) is 57.2 Å². The van der Waals surface area contributed by atoms with Crippen LogP contribution in [0.25, 0.3) is 0 Å². The first-order chi connectivity index (χ1) is 14.2. The summed E-state index contributed by atoms with van der Waals surface area (Å²) >= 11 is 0. The molecule has 0 saturated carbocycles. The van der Waals surface area contributed by atoms with Gasteiger partial charge < -0.3 is 14.6 Å². The van der Waals surface area contributed by atoms with Crippen LogP contribution >= 0.6 is 0 Å². The van der Waals surface area contributed by atoms with Gasteiger partial charge in [0.1, 0.15) is 17.6 Å². The molecule has 0 bridgehead atoms. The second kappa shape index (κ2) is 8.39. The van der Waals surface area contributed by atoms with Crippen LogP contribution in [0.4, 0.5) is 4.39 Å². The number of aliphatic hydroxyl groups excluding tert-OH is 1. The number of carbonyl (C=O) groups is 1. The minimum absolute atomic E-state index is 0.0109. The average Bonchev–Trinajstić information content (AvgIpc) is 2.72. The summed E-state index contributed by atoms with van der Waals surface area (Å²) in [7, 11) is -2.58. The smallest absolute Gasteiger partial charge is 0.337 e. The van der Waals surface area contributed by atoms with E-state index in [9.17, 15) is 22.7 Å². The Hall–Kier alpha value is -3.00. The van der Waals surface area contributed by atoms with Crippen molar-refractivity contribution in [2.45, 2.75) is 4.90 Å². The zero-order chi connectivity index (χ0) is 21.9. The third kappa shape index (κ3) is 4.14. The van der Waals surface area contributed by atoms with Crippen LogP contribution in [0.3, 0.4) is 0 Å². The van der Waals surface area contributed by atoms with Gasteiger partial charge in [0.2, 0.25) is 10.0 Å². The Morgan fingerprint density at radius 1 is 1.27 bits per heavy atom. The third-order valence-corrected chi connectivity index (χ3v) is 6.68. The molecule has 0 aliphatic carbocycles. The number of benzene rings is 2. The lowest BCUT2D eigenvalue weighted by Gasteiger charge is -2.47. The van der Waals surface area contributed by atoms with E-state index in [-0.39, 0.29) is 48.1 Å². The van der Waals surface area contributed by atoms with E-state index in [1.165, 1.54) is 47.8 Å². The molecule has 10 heteroatoms. The monoisotopic (exact) mass is 434 g/mol. The summed E-state index contributed by atoms with van der Waals surface area (Å²) in [6.45, 7) is -0.312. The van der Waals surface area contributed by atoms with Crippen molar-refractivity contribution >= 4 is 16.0 Å². The number of hydrogen-bond acceptors (Lipinski definition) is 7. The molecule has 8 nitrogen and oxygen atoms in total. The lowest BCUT2D eigenvalue weighted by molar-refractivity contribution is -0.0273. The highest BCUT2D eigenvalue weighted by molar-refractivity contribution is 7.89. The number of aliphatic hydroxyl groups is 1. The molecular weight excluding hydrogens is 415 g/mol. The molecule has 30 heavy (non-hydrogen) atoms. The number of carbonyl (C=O) groups excluding carboxylic acids is 1. The van der Waals surface area contributed by atoms with Gasteiger partial charge in [-0.3, -0.25) is 0 Å². The number of sulfonamides is 1. The van der Waals surface area contributed by atoms with Crippen molar-refractivity contribution in [3.05, 3.63) is 59.4 Å². The minimum Gasteiger partial charge on any atom is -0.493 e. The zero-order valence-corrected chi connectivity index (χ0v) is 16.9. The fourth-order valence-electron chi connectivity index (χ4n) is 3.05. The van der Waals surface area contributed by atoms with Crippen LogP contribution in [0, 0.1) is 22.6 Å². The highest BCUT2D eigenvalue weighted by Crippen LogP contribution is 2.35. The van der Waals surface area contributed by atoms with Gasteiger partial charge in [-0.05, 0) is 36.4 Å². The van der Waals surface area contributed by atoms with Crippen molar-refractivity contribution in [3.8, 4) is 11.8 Å². The molecular formula is C20H19FN2O6S. The molecule has 0 atom stereocenters. The van der Waals surface area contributed by atoms with Gasteiger partial charge in [0, 0.05) is 19.2 Å². The minimum atomic E-state index is -3.81. The summed E-state index contributed by atoms with van der Waals surface area (Å²) in [4.78, 5) is 11.5. The van der Waals surface area contributed by atoms with Gasteiger partial charge in [-0.1, -0.05) is 0 Å². The van der Waals surface area contributed by atoms with E-state index in [2.05, 4.69) is 4.74 Å². The van der Waals surface area contributed by atoms with Crippen LogP contribution in [0.2, 0.25) is 0 Å². The number of nitriles is 1. The van der Waals surface area contributed by atoms with E-state index in [0.29, 0.717) is 0 Å². The second-order valence-corrected chi connectivity index (χ2v) is 8.93. The first-order valence-electron chi connectivity index (χ1n) is 8.86. The normalized spacial score (nSPS) is 15.7. The van der Waals surface area contributed by atoms with E-state index >= 15 is 0 Å². The largest absolute Gasteiger partial charge is 0.493 e. The van der Waals surface area contributed by atoms with Crippen LogP contribution in [0.5, 0.6) is 5.75 Å². The summed E-state index contributed by atoms with van der Waals surface area (Å²) in [6, 6.07) is 10.9. The van der Waals surface area contributed by atoms with Crippen molar-refractivity contribution in [2.75, 3.05) is 33.4 Å². The number of nitrogens with zero attached hydrogens (tertiary/aromatic N) is 2. The second-order valence-electron chi connectivity index (χ2n) is 6.99. The van der Waals surface area contributed by atoms with Crippen molar-refractivity contribution in [1.29, 1.82) is 5.26 Å². The maximum atomic E-state index is 13.7. The summed E-state index contributed by atoms with van der Waals surface area (Å²) in [5.74, 6) is -1.11. The number of rotatable bonds is 7. The van der Waals surface area contributed by atoms with E-state index in [0.717, 1.165) is 6.07 Å². The topological polar surface area (TPSA) is 117 Å². The number of hydrogen-bond donors (Lipinski definition) is 1. The Labute approximate surface area is 173 Å². The Morgan fingerprint density at radius 3 is 2.47 bits per heavy atom. The molecule has 0 aromatic heterocycles. The molecule has 0 spiro atoms. The predicted octanol–water partition coefficient (Wildman–Crippen LogP) is 1.55. The summed E-state index contributed by atoms with van der Waals surface area (Å²) in [5.41, 5.74) is -0.713. The molecule has 0 amide bonds. The van der Waals surface area contributed by atoms with E-state index in [1.54, 1.807) is 6.07 Å². The highest BCUT2D eigenvalue weighted by atomic mass is 32.2. The van der Waals surface area contributed by atoms with Crippen LogP contribution < -0.4 is 4.74 Å². The molecule has 1 heterocycles. The Balaban J connectivity index is 1.66. The van der Waals surface area contributed by atoms with E-state index in [4.69, 9.17) is 10.00 Å². The first kappa shape index (κ1) is 21.7. The van der Waals surface area contributed by atoms with Crippen molar-refractivity contribution < 1.29 is 32.2 Å². The molecule has 1 fully saturated rings. The molecule has 1 aliphatic rings. The standard InChI is InChI=1S/C20H19FN2O6S/c1-28-19(25)14-3-6-17(7-4-14)30(26,27)23-10-20(11-23,12-24)13-29-16-5-2-15(9-22)18(21)8-16/h2-8,24H,10-13H2,1H3. The fraction of sp³-hybridized carbons (Fsp3) is 0.300. The summed E-state index contributed by atoms with van der Waals surface area (Å²) in [6.07, 6.45) is 0. The molecule has 2 aromatic carbocycles. The molecule has 1 saturated heterocycles. The maximum Gasteiger partial charge on any atom is 0.337 e. The zero-order valence-electron chi connectivity index (χ0n) is 16.0. The molecule has 158 valence electrons. The molecule has 3 rings (SSSR count). The molecule has 1 N–H and O–H groups in total. The first-order valence-corrected chi connectivity index (χ1v) is 10.3. The number of ether oxygens (including phenoxy) is 2. The third-order valence-electron chi connectivity index (χ3n) is 4.88. The van der Waals surface area contributed by atoms with Crippen molar-refractivity contribution in [3.63, 3.8) is 0 Å². The molecule has 1 aliphatic heterocycles. The lowest BCUT2D eigenvalue weighted by Crippen LogP contribution is -2.62. The van der Waals surface area contributed by atoms with Crippen LogP contribution in [-0.2, 0) is 14.8 Å². The highest BCUT2D eigenvalue weighted by Gasteiger charge is 2.49. The fourth-order valence-corrected chi connectivity index (χ4v) is 4.72. The van der Waals surface area contributed by atoms with Gasteiger partial charge in [0.05, 0.1) is 41.8 Å². The number of halogens is 1. The van der Waals surface area contributed by atoms with Gasteiger partial charge in [-0.15, -0.1) is 0 Å². The maximum absolute atomic E-state index is 13.7. The van der Waals surface area contributed by atoms with Gasteiger partial charge in [0.25, 0.3) is 0 Å². The van der Waals surface area contributed by atoms with E-state index < -0.39 is 27.2 Å². The Morgan fingerprint density at radius 2 is 1.93 bits per heavy atom. The van der Waals surface area contributed by atoms with Gasteiger partial charge >= 0.3 is 5.97 Å². The predicted molar refractivity (Wildman–Crippen MR) is 103 cm³/mol. The Kier molecular flexibility index (Phi) is 6.07. The van der Waals surface area contributed by atoms with Crippen LogP contribution in [0.1, 0.15) is 15.9 Å². The van der Waals surface area contributed by atoms with Crippen molar-refractivity contribution in [2.24, 2.45) is 5.41 Å². The van der Waals surface area contributed by atoms with Gasteiger partial charge in [0.15, 0.2) is 0 Å². The molecule has 2 aromatic rings. The SMILES string of the molecule is COC(=O)c1ccc(S(=O)(=O)N2CC(CO)(COc3ccc(C#N)c(F)c3)C2)cc1.